The van der Waals surface area contributed by atoms with Crippen LogP contribution in [0.5, 0.6) is 0 Å². The summed E-state index contributed by atoms with van der Waals surface area (Å²) in [7, 11) is 1.71. The number of hydrogen-bond acceptors (Lipinski definition) is 5. The molecule has 3 rings (SSSR count). The third-order valence-electron chi connectivity index (χ3n) is 4.32. The zero-order chi connectivity index (χ0) is 14.7. The van der Waals surface area contributed by atoms with Crippen molar-refractivity contribution in [3.8, 4) is 0 Å². The van der Waals surface area contributed by atoms with Crippen LogP contribution in [-0.2, 0) is 16.8 Å². The van der Waals surface area contributed by atoms with Crippen LogP contribution in [-0.4, -0.2) is 17.3 Å². The minimum atomic E-state index is -0.316. The van der Waals surface area contributed by atoms with Gasteiger partial charge in [-0.05, 0) is 31.2 Å². The van der Waals surface area contributed by atoms with Crippen LogP contribution in [0.3, 0.4) is 0 Å². The van der Waals surface area contributed by atoms with E-state index in [9.17, 15) is 0 Å². The lowest BCUT2D eigenvalue weighted by Crippen LogP contribution is -2.37. The maximum absolute atomic E-state index is 6.18. The van der Waals surface area contributed by atoms with Gasteiger partial charge in [-0.1, -0.05) is 35.5 Å². The monoisotopic (exact) mass is 287 g/mol. The highest BCUT2D eigenvalue weighted by Crippen LogP contribution is 2.42. The maximum Gasteiger partial charge on any atom is 0.226 e. The Hall–Kier alpha value is -1.72. The Kier molecular flexibility index (Phi) is 4.03. The summed E-state index contributed by atoms with van der Waals surface area (Å²) in [5.41, 5.74) is 7.00. The molecule has 1 fully saturated rings. The molecule has 2 aromatic rings. The fourth-order valence-electron chi connectivity index (χ4n) is 2.70. The molecule has 0 saturated heterocycles. The normalized spacial score (nSPS) is 18.2. The van der Waals surface area contributed by atoms with E-state index in [1.807, 2.05) is 30.3 Å². The molecule has 0 radical (unpaired) electrons. The summed E-state index contributed by atoms with van der Waals surface area (Å²) in [6.07, 6.45) is 4.54. The topological polar surface area (TPSA) is 74.2 Å². The molecule has 0 aliphatic heterocycles. The van der Waals surface area contributed by atoms with E-state index in [1.54, 1.807) is 7.11 Å². The number of aryl methyl sites for hydroxylation is 1. The zero-order valence-corrected chi connectivity index (χ0v) is 12.3. The van der Waals surface area contributed by atoms with E-state index in [4.69, 9.17) is 15.0 Å². The maximum atomic E-state index is 6.18. The summed E-state index contributed by atoms with van der Waals surface area (Å²) < 4.78 is 10.9. The molecule has 0 bridgehead atoms. The Balaban J connectivity index is 1.60. The van der Waals surface area contributed by atoms with Crippen LogP contribution in [0, 0.1) is 0 Å². The summed E-state index contributed by atoms with van der Waals surface area (Å²) in [5.74, 6) is 1.32. The Morgan fingerprint density at radius 3 is 2.71 bits per heavy atom. The summed E-state index contributed by atoms with van der Waals surface area (Å²) >= 11 is 0. The van der Waals surface area contributed by atoms with Crippen molar-refractivity contribution in [2.75, 3.05) is 7.11 Å². The molecule has 5 heteroatoms. The molecule has 1 aliphatic carbocycles. The second-order valence-electron chi connectivity index (χ2n) is 5.62. The SMILES string of the molecule is COC1(c2noc(CCC(N)c3ccccc3)n2)CCC1. The molecule has 1 heterocycles. The third-order valence-corrected chi connectivity index (χ3v) is 4.32. The summed E-state index contributed by atoms with van der Waals surface area (Å²) in [4.78, 5) is 4.48. The molecular formula is C16H21N3O2. The first-order valence-electron chi connectivity index (χ1n) is 7.42. The standard InChI is InChI=1S/C16H21N3O2/c1-20-16(10-5-11-16)15-18-14(21-19-15)9-8-13(17)12-6-3-2-4-7-12/h2-4,6-7,13H,5,8-11,17H2,1H3. The van der Waals surface area contributed by atoms with Gasteiger partial charge in [-0.2, -0.15) is 4.98 Å². The zero-order valence-electron chi connectivity index (χ0n) is 12.3. The van der Waals surface area contributed by atoms with E-state index >= 15 is 0 Å². The van der Waals surface area contributed by atoms with Crippen molar-refractivity contribution in [2.24, 2.45) is 5.73 Å². The molecule has 1 saturated carbocycles. The first kappa shape index (κ1) is 14.2. The van der Waals surface area contributed by atoms with E-state index in [1.165, 1.54) is 0 Å². The van der Waals surface area contributed by atoms with Crippen LogP contribution in [0.2, 0.25) is 0 Å². The summed E-state index contributed by atoms with van der Waals surface area (Å²) in [6, 6.07) is 10.1. The molecule has 1 unspecified atom stereocenters. The van der Waals surface area contributed by atoms with Gasteiger partial charge in [0, 0.05) is 19.6 Å². The number of aromatic nitrogens is 2. The van der Waals surface area contributed by atoms with Gasteiger partial charge in [0.2, 0.25) is 11.7 Å². The average molecular weight is 287 g/mol. The van der Waals surface area contributed by atoms with Gasteiger partial charge in [0.1, 0.15) is 5.60 Å². The van der Waals surface area contributed by atoms with Crippen LogP contribution in [0.15, 0.2) is 34.9 Å². The Morgan fingerprint density at radius 2 is 2.10 bits per heavy atom. The third kappa shape index (κ3) is 2.84. The van der Waals surface area contributed by atoms with Gasteiger partial charge in [-0.25, -0.2) is 0 Å². The number of hydrogen-bond donors (Lipinski definition) is 1. The molecule has 21 heavy (non-hydrogen) atoms. The van der Waals surface area contributed by atoms with Crippen molar-refractivity contribution in [3.63, 3.8) is 0 Å². The lowest BCUT2D eigenvalue weighted by Gasteiger charge is -2.37. The Morgan fingerprint density at radius 1 is 1.33 bits per heavy atom. The molecular weight excluding hydrogens is 266 g/mol. The Labute approximate surface area is 124 Å². The van der Waals surface area contributed by atoms with Crippen molar-refractivity contribution in [1.29, 1.82) is 0 Å². The van der Waals surface area contributed by atoms with Gasteiger partial charge in [0.15, 0.2) is 0 Å². The largest absolute Gasteiger partial charge is 0.370 e. The minimum Gasteiger partial charge on any atom is -0.370 e. The molecule has 112 valence electrons. The second kappa shape index (κ2) is 5.95. The lowest BCUT2D eigenvalue weighted by molar-refractivity contribution is -0.0858. The van der Waals surface area contributed by atoms with Crippen molar-refractivity contribution in [1.82, 2.24) is 10.1 Å². The molecule has 2 N–H and O–H groups in total. The highest BCUT2D eigenvalue weighted by molar-refractivity contribution is 5.18. The van der Waals surface area contributed by atoms with Crippen molar-refractivity contribution in [2.45, 2.75) is 43.7 Å². The van der Waals surface area contributed by atoms with Crippen molar-refractivity contribution >= 4 is 0 Å². The van der Waals surface area contributed by atoms with Gasteiger partial charge in [0.05, 0.1) is 0 Å². The highest BCUT2D eigenvalue weighted by atomic mass is 16.5. The Bertz CT molecular complexity index is 573. The van der Waals surface area contributed by atoms with E-state index in [0.717, 1.165) is 31.2 Å². The van der Waals surface area contributed by atoms with E-state index < -0.39 is 0 Å². The average Bonchev–Trinajstić information content (AvgIpc) is 2.94. The first-order valence-corrected chi connectivity index (χ1v) is 7.42. The number of rotatable bonds is 6. The first-order chi connectivity index (χ1) is 10.2. The number of methoxy groups -OCH3 is 1. The van der Waals surface area contributed by atoms with Crippen LogP contribution < -0.4 is 5.73 Å². The van der Waals surface area contributed by atoms with Gasteiger partial charge in [-0.15, -0.1) is 0 Å². The number of nitrogens with zero attached hydrogens (tertiary/aromatic N) is 2. The van der Waals surface area contributed by atoms with E-state index in [2.05, 4.69) is 10.1 Å². The van der Waals surface area contributed by atoms with Crippen LogP contribution in [0.1, 0.15) is 49.0 Å². The predicted molar refractivity (Wildman–Crippen MR) is 78.5 cm³/mol. The lowest BCUT2D eigenvalue weighted by atomic mass is 9.79. The van der Waals surface area contributed by atoms with Gasteiger partial charge >= 0.3 is 0 Å². The van der Waals surface area contributed by atoms with Crippen molar-refractivity contribution < 1.29 is 9.26 Å². The summed E-state index contributed by atoms with van der Waals surface area (Å²) in [5, 5.41) is 4.08. The number of ether oxygens (including phenoxy) is 1. The van der Waals surface area contributed by atoms with Crippen LogP contribution >= 0.6 is 0 Å². The quantitative estimate of drug-likeness (QED) is 0.884. The van der Waals surface area contributed by atoms with Crippen molar-refractivity contribution in [3.05, 3.63) is 47.6 Å². The fourth-order valence-corrected chi connectivity index (χ4v) is 2.70. The number of benzene rings is 1. The minimum absolute atomic E-state index is 0.0124. The fraction of sp³-hybridized carbons (Fsp3) is 0.500. The number of nitrogens with two attached hydrogens (primary N) is 1. The van der Waals surface area contributed by atoms with Crippen LogP contribution in [0.4, 0.5) is 0 Å². The molecule has 1 atom stereocenters. The molecule has 0 amide bonds. The van der Waals surface area contributed by atoms with E-state index in [0.29, 0.717) is 18.1 Å². The highest BCUT2D eigenvalue weighted by Gasteiger charge is 2.43. The van der Waals surface area contributed by atoms with Gasteiger partial charge < -0.3 is 15.0 Å². The van der Waals surface area contributed by atoms with E-state index in [-0.39, 0.29) is 11.6 Å². The van der Waals surface area contributed by atoms with Crippen LogP contribution in [0.25, 0.3) is 0 Å². The smallest absolute Gasteiger partial charge is 0.226 e. The molecule has 1 aromatic carbocycles. The second-order valence-corrected chi connectivity index (χ2v) is 5.62. The summed E-state index contributed by atoms with van der Waals surface area (Å²) in [6.45, 7) is 0. The molecule has 0 spiro atoms. The molecule has 1 aromatic heterocycles. The molecule has 1 aliphatic rings. The molecule has 5 nitrogen and oxygen atoms in total. The van der Waals surface area contributed by atoms with Gasteiger partial charge in [0.25, 0.3) is 0 Å². The van der Waals surface area contributed by atoms with Gasteiger partial charge in [-0.3, -0.25) is 0 Å². The predicted octanol–water partition coefficient (Wildman–Crippen LogP) is 2.73.